The van der Waals surface area contributed by atoms with E-state index in [1.54, 1.807) is 37.3 Å². The quantitative estimate of drug-likeness (QED) is 0.764. The zero-order valence-electron chi connectivity index (χ0n) is 15.4. The van der Waals surface area contributed by atoms with E-state index in [9.17, 15) is 14.0 Å². The average Bonchev–Trinajstić information content (AvgIpc) is 2.57. The standard InChI is InChI=1S/C20H21FN4O2/c1-12-7-8-15(10-16(12)21)23-19(27)22-14-6-4-5-13(9-14)18-20(2,3)11-17(26)24-25-18/h4-10H,11H2,1-3H3,(H,24,26)(H2,22,23,27). The molecule has 0 unspecified atom stereocenters. The van der Waals surface area contributed by atoms with Crippen molar-refractivity contribution in [2.24, 2.45) is 10.5 Å². The lowest BCUT2D eigenvalue weighted by Gasteiger charge is -2.29. The summed E-state index contributed by atoms with van der Waals surface area (Å²) in [6.07, 6.45) is 0.336. The molecule has 0 saturated heterocycles. The van der Waals surface area contributed by atoms with Crippen molar-refractivity contribution in [1.82, 2.24) is 5.43 Å². The maximum Gasteiger partial charge on any atom is 0.323 e. The van der Waals surface area contributed by atoms with Gasteiger partial charge in [0, 0.05) is 28.8 Å². The van der Waals surface area contributed by atoms with Crippen LogP contribution >= 0.6 is 0 Å². The van der Waals surface area contributed by atoms with Gasteiger partial charge in [-0.05, 0) is 36.8 Å². The Morgan fingerprint density at radius 3 is 2.52 bits per heavy atom. The van der Waals surface area contributed by atoms with E-state index in [0.29, 0.717) is 23.4 Å². The Morgan fingerprint density at radius 1 is 1.15 bits per heavy atom. The highest BCUT2D eigenvalue weighted by molar-refractivity contribution is 6.09. The van der Waals surface area contributed by atoms with E-state index in [1.165, 1.54) is 6.07 Å². The van der Waals surface area contributed by atoms with Crippen LogP contribution in [0.15, 0.2) is 47.6 Å². The van der Waals surface area contributed by atoms with Crippen molar-refractivity contribution in [3.8, 4) is 0 Å². The number of amides is 3. The molecule has 0 aliphatic carbocycles. The van der Waals surface area contributed by atoms with Crippen molar-refractivity contribution < 1.29 is 14.0 Å². The van der Waals surface area contributed by atoms with Gasteiger partial charge in [0.05, 0.1) is 5.71 Å². The van der Waals surface area contributed by atoms with Gasteiger partial charge >= 0.3 is 6.03 Å². The average molecular weight is 368 g/mol. The van der Waals surface area contributed by atoms with Gasteiger partial charge in [-0.2, -0.15) is 5.10 Å². The lowest BCUT2D eigenvalue weighted by atomic mass is 9.79. The predicted molar refractivity (Wildman–Crippen MR) is 103 cm³/mol. The second-order valence-electron chi connectivity index (χ2n) is 7.18. The summed E-state index contributed by atoms with van der Waals surface area (Å²) in [4.78, 5) is 23.8. The normalized spacial score (nSPS) is 15.6. The van der Waals surface area contributed by atoms with Gasteiger partial charge < -0.3 is 10.6 Å². The van der Waals surface area contributed by atoms with E-state index >= 15 is 0 Å². The molecule has 3 amide bonds. The van der Waals surface area contributed by atoms with Crippen molar-refractivity contribution in [1.29, 1.82) is 0 Å². The summed E-state index contributed by atoms with van der Waals surface area (Å²) in [5.41, 5.74) is 5.08. The molecule has 140 valence electrons. The van der Waals surface area contributed by atoms with Crippen molar-refractivity contribution in [3.05, 3.63) is 59.4 Å². The number of carbonyl (C=O) groups is 2. The van der Waals surface area contributed by atoms with E-state index in [0.717, 1.165) is 11.3 Å². The number of hydrogen-bond donors (Lipinski definition) is 3. The van der Waals surface area contributed by atoms with Crippen LogP contribution in [-0.4, -0.2) is 17.6 Å². The molecule has 1 aliphatic heterocycles. The minimum absolute atomic E-state index is 0.122. The van der Waals surface area contributed by atoms with E-state index < -0.39 is 11.4 Å². The molecule has 6 nitrogen and oxygen atoms in total. The Bertz CT molecular complexity index is 937. The molecular formula is C20H21FN4O2. The van der Waals surface area contributed by atoms with Crippen LogP contribution in [0.25, 0.3) is 0 Å². The third-order valence-corrected chi connectivity index (χ3v) is 4.36. The molecule has 0 fully saturated rings. The van der Waals surface area contributed by atoms with Crippen molar-refractivity contribution in [2.75, 3.05) is 10.6 Å². The summed E-state index contributed by atoms with van der Waals surface area (Å²) in [5, 5.41) is 9.51. The molecule has 0 saturated carbocycles. The molecule has 0 spiro atoms. The van der Waals surface area contributed by atoms with Crippen LogP contribution < -0.4 is 16.1 Å². The number of hydrazone groups is 1. The van der Waals surface area contributed by atoms with Crippen LogP contribution in [0.2, 0.25) is 0 Å². The topological polar surface area (TPSA) is 82.6 Å². The SMILES string of the molecule is Cc1ccc(NC(=O)Nc2cccc(C3=NNC(=O)CC3(C)C)c2)cc1F. The molecule has 1 aliphatic rings. The number of benzene rings is 2. The fourth-order valence-corrected chi connectivity index (χ4v) is 2.96. The first kappa shape index (κ1) is 18.6. The zero-order chi connectivity index (χ0) is 19.6. The number of nitrogens with zero attached hydrogens (tertiary/aromatic N) is 1. The maximum atomic E-state index is 13.6. The lowest BCUT2D eigenvalue weighted by molar-refractivity contribution is -0.122. The molecule has 0 radical (unpaired) electrons. The summed E-state index contributed by atoms with van der Waals surface area (Å²) >= 11 is 0. The Hall–Kier alpha value is -3.22. The molecule has 2 aromatic rings. The van der Waals surface area contributed by atoms with Gasteiger partial charge in [0.15, 0.2) is 0 Å². The molecule has 3 N–H and O–H groups in total. The van der Waals surface area contributed by atoms with E-state index in [1.807, 2.05) is 19.9 Å². The Labute approximate surface area is 156 Å². The van der Waals surface area contributed by atoms with Crippen molar-refractivity contribution in [2.45, 2.75) is 27.2 Å². The Morgan fingerprint density at radius 2 is 1.85 bits per heavy atom. The minimum atomic E-state index is -0.478. The number of rotatable bonds is 3. The minimum Gasteiger partial charge on any atom is -0.308 e. The highest BCUT2D eigenvalue weighted by Crippen LogP contribution is 2.30. The molecule has 2 aromatic carbocycles. The number of urea groups is 1. The highest BCUT2D eigenvalue weighted by Gasteiger charge is 2.33. The summed E-state index contributed by atoms with van der Waals surface area (Å²) in [7, 11) is 0. The van der Waals surface area contributed by atoms with Crippen LogP contribution in [0, 0.1) is 18.2 Å². The number of carbonyl (C=O) groups excluding carboxylic acids is 2. The fraction of sp³-hybridized carbons (Fsp3) is 0.250. The third-order valence-electron chi connectivity index (χ3n) is 4.36. The Balaban J connectivity index is 1.75. The first-order chi connectivity index (χ1) is 12.7. The number of aryl methyl sites for hydroxylation is 1. The van der Waals surface area contributed by atoms with Gasteiger partial charge in [-0.15, -0.1) is 0 Å². The van der Waals surface area contributed by atoms with Crippen LogP contribution in [0.1, 0.15) is 31.4 Å². The summed E-state index contributed by atoms with van der Waals surface area (Å²) in [6, 6.07) is 11.2. The molecule has 3 rings (SSSR count). The molecule has 7 heteroatoms. The second kappa shape index (κ2) is 7.19. The largest absolute Gasteiger partial charge is 0.323 e. The number of halogens is 1. The van der Waals surface area contributed by atoms with E-state index in [-0.39, 0.29) is 11.7 Å². The van der Waals surface area contributed by atoms with Gasteiger partial charge in [-0.3, -0.25) is 4.79 Å². The third kappa shape index (κ3) is 4.31. The van der Waals surface area contributed by atoms with Crippen LogP contribution in [0.3, 0.4) is 0 Å². The molecule has 0 bridgehead atoms. The number of hydrogen-bond acceptors (Lipinski definition) is 3. The van der Waals surface area contributed by atoms with Crippen molar-refractivity contribution >= 4 is 29.0 Å². The van der Waals surface area contributed by atoms with Crippen LogP contribution in [0.4, 0.5) is 20.6 Å². The smallest absolute Gasteiger partial charge is 0.308 e. The van der Waals surface area contributed by atoms with Gasteiger partial charge in [-0.25, -0.2) is 14.6 Å². The highest BCUT2D eigenvalue weighted by atomic mass is 19.1. The van der Waals surface area contributed by atoms with Crippen LogP contribution in [0.5, 0.6) is 0 Å². The first-order valence-electron chi connectivity index (χ1n) is 8.56. The molecule has 0 aromatic heterocycles. The predicted octanol–water partition coefficient (Wildman–Crippen LogP) is 4.03. The number of nitrogens with one attached hydrogen (secondary N) is 3. The zero-order valence-corrected chi connectivity index (χ0v) is 15.4. The van der Waals surface area contributed by atoms with Gasteiger partial charge in [0.25, 0.3) is 0 Å². The van der Waals surface area contributed by atoms with E-state index in [4.69, 9.17) is 0 Å². The van der Waals surface area contributed by atoms with E-state index in [2.05, 4.69) is 21.2 Å². The van der Waals surface area contributed by atoms with Gasteiger partial charge in [-0.1, -0.05) is 32.0 Å². The number of anilines is 2. The summed E-state index contributed by atoms with van der Waals surface area (Å²) < 4.78 is 13.6. The van der Waals surface area contributed by atoms with Gasteiger partial charge in [0.1, 0.15) is 5.82 Å². The van der Waals surface area contributed by atoms with Crippen LogP contribution in [-0.2, 0) is 4.79 Å². The first-order valence-corrected chi connectivity index (χ1v) is 8.56. The summed E-state index contributed by atoms with van der Waals surface area (Å²) in [6.45, 7) is 5.55. The molecule has 27 heavy (non-hydrogen) atoms. The summed E-state index contributed by atoms with van der Waals surface area (Å²) in [5.74, 6) is -0.503. The maximum absolute atomic E-state index is 13.6. The fourth-order valence-electron chi connectivity index (χ4n) is 2.96. The second-order valence-corrected chi connectivity index (χ2v) is 7.18. The lowest BCUT2D eigenvalue weighted by Crippen LogP contribution is -2.39. The molecule has 1 heterocycles. The molecule has 0 atom stereocenters. The molecular weight excluding hydrogens is 347 g/mol. The van der Waals surface area contributed by atoms with Gasteiger partial charge in [0.2, 0.25) is 5.91 Å². The monoisotopic (exact) mass is 368 g/mol. The Kier molecular flexibility index (Phi) is 4.94. The van der Waals surface area contributed by atoms with Crippen molar-refractivity contribution in [3.63, 3.8) is 0 Å².